The van der Waals surface area contributed by atoms with Gasteiger partial charge in [0.05, 0.1) is 18.3 Å². The number of carboxylic acids is 1. The summed E-state index contributed by atoms with van der Waals surface area (Å²) in [6, 6.07) is 3.56. The van der Waals surface area contributed by atoms with E-state index in [0.29, 0.717) is 12.6 Å². The van der Waals surface area contributed by atoms with Crippen molar-refractivity contribution in [1.82, 2.24) is 14.3 Å². The molecule has 2 rings (SSSR count). The molecule has 0 spiro atoms. The summed E-state index contributed by atoms with van der Waals surface area (Å²) < 4.78 is 3.60. The maximum absolute atomic E-state index is 11.4. The third kappa shape index (κ3) is 3.39. The van der Waals surface area contributed by atoms with E-state index in [-0.39, 0.29) is 5.56 Å². The maximum Gasteiger partial charge on any atom is 0.341 e. The van der Waals surface area contributed by atoms with Crippen LogP contribution in [0.25, 0.3) is 0 Å². The molecule has 0 bridgehead atoms. The van der Waals surface area contributed by atoms with Crippen molar-refractivity contribution in [2.24, 2.45) is 0 Å². The Hall–Kier alpha value is -2.37. The first-order valence-electron chi connectivity index (χ1n) is 7.02. The summed E-state index contributed by atoms with van der Waals surface area (Å²) in [5.74, 6) is -1.21. The second-order valence-electron chi connectivity index (χ2n) is 4.96. The lowest BCUT2D eigenvalue weighted by Gasteiger charge is -2.12. The number of nitrogens with zero attached hydrogens (tertiary/aromatic N) is 3. The van der Waals surface area contributed by atoms with Crippen LogP contribution in [0.15, 0.2) is 35.5 Å². The molecule has 1 N–H and O–H groups in total. The Kier molecular flexibility index (Phi) is 4.57. The summed E-state index contributed by atoms with van der Waals surface area (Å²) in [5.41, 5.74) is 0.125. The number of carboxylic acid groups (broad SMARTS) is 1. The molecule has 0 saturated heterocycles. The van der Waals surface area contributed by atoms with E-state index in [4.69, 9.17) is 5.11 Å². The van der Waals surface area contributed by atoms with E-state index < -0.39 is 11.4 Å². The fourth-order valence-corrected chi connectivity index (χ4v) is 2.30. The second-order valence-corrected chi connectivity index (χ2v) is 4.96. The number of aromatic nitrogens is 3. The van der Waals surface area contributed by atoms with Gasteiger partial charge in [-0.2, -0.15) is 5.10 Å². The number of carbonyl (C=O) groups is 1. The van der Waals surface area contributed by atoms with Gasteiger partial charge >= 0.3 is 5.97 Å². The van der Waals surface area contributed by atoms with Gasteiger partial charge < -0.3 is 9.67 Å². The zero-order chi connectivity index (χ0) is 15.4. The molecule has 0 unspecified atom stereocenters. The van der Waals surface area contributed by atoms with Gasteiger partial charge in [0, 0.05) is 24.7 Å². The van der Waals surface area contributed by atoms with E-state index in [0.717, 1.165) is 18.5 Å². The van der Waals surface area contributed by atoms with E-state index in [9.17, 15) is 9.59 Å². The molecule has 0 radical (unpaired) electrons. The van der Waals surface area contributed by atoms with Crippen molar-refractivity contribution >= 4 is 5.97 Å². The standard InChI is InChI=1S/C15H19N3O3/c1-3-12(4-2)18-8-5-11(16-18)9-17-7-6-14(19)13(10-17)15(20)21/h5-8,10,12H,3-4,9H2,1-2H3,(H,20,21). The molecular weight excluding hydrogens is 270 g/mol. The summed E-state index contributed by atoms with van der Waals surface area (Å²) >= 11 is 0. The SMILES string of the molecule is CCC(CC)n1ccc(Cn2ccc(=O)c(C(=O)O)c2)n1. The van der Waals surface area contributed by atoms with Crippen LogP contribution in [0, 0.1) is 0 Å². The third-order valence-corrected chi connectivity index (χ3v) is 3.53. The van der Waals surface area contributed by atoms with Gasteiger partial charge in [-0.3, -0.25) is 9.48 Å². The molecule has 0 aliphatic rings. The van der Waals surface area contributed by atoms with Crippen LogP contribution in [-0.2, 0) is 6.54 Å². The van der Waals surface area contributed by atoms with Crippen molar-refractivity contribution in [2.45, 2.75) is 39.3 Å². The largest absolute Gasteiger partial charge is 0.477 e. The van der Waals surface area contributed by atoms with Crippen LogP contribution in [0.2, 0.25) is 0 Å². The van der Waals surface area contributed by atoms with Crippen LogP contribution < -0.4 is 5.43 Å². The predicted molar refractivity (Wildman–Crippen MR) is 78.6 cm³/mol. The normalized spacial score (nSPS) is 11.0. The van der Waals surface area contributed by atoms with Gasteiger partial charge in [0.1, 0.15) is 5.56 Å². The quantitative estimate of drug-likeness (QED) is 0.884. The Morgan fingerprint density at radius 2 is 2.00 bits per heavy atom. The highest BCUT2D eigenvalue weighted by atomic mass is 16.4. The predicted octanol–water partition coefficient (Wildman–Crippen LogP) is 2.15. The highest BCUT2D eigenvalue weighted by Gasteiger charge is 2.10. The lowest BCUT2D eigenvalue weighted by atomic mass is 10.2. The molecule has 0 aliphatic carbocycles. The summed E-state index contributed by atoms with van der Waals surface area (Å²) in [5, 5.41) is 13.5. The van der Waals surface area contributed by atoms with Crippen LogP contribution >= 0.6 is 0 Å². The van der Waals surface area contributed by atoms with Gasteiger partial charge in [-0.1, -0.05) is 13.8 Å². The molecule has 21 heavy (non-hydrogen) atoms. The minimum atomic E-state index is -1.21. The highest BCUT2D eigenvalue weighted by Crippen LogP contribution is 2.14. The Morgan fingerprint density at radius 1 is 1.29 bits per heavy atom. The van der Waals surface area contributed by atoms with Crippen molar-refractivity contribution in [2.75, 3.05) is 0 Å². The van der Waals surface area contributed by atoms with Crippen LogP contribution in [0.5, 0.6) is 0 Å². The molecule has 0 aromatic carbocycles. The summed E-state index contributed by atoms with van der Waals surface area (Å²) in [6.45, 7) is 4.68. The Balaban J connectivity index is 2.21. The molecule has 0 aliphatic heterocycles. The molecule has 2 aromatic rings. The zero-order valence-electron chi connectivity index (χ0n) is 12.2. The van der Waals surface area contributed by atoms with Crippen LogP contribution in [-0.4, -0.2) is 25.4 Å². The van der Waals surface area contributed by atoms with E-state index in [1.165, 1.54) is 12.3 Å². The van der Waals surface area contributed by atoms with Crippen molar-refractivity contribution in [1.29, 1.82) is 0 Å². The average Bonchev–Trinajstić information content (AvgIpc) is 2.90. The molecule has 0 fully saturated rings. The van der Waals surface area contributed by atoms with Crippen molar-refractivity contribution in [3.8, 4) is 0 Å². The molecule has 112 valence electrons. The molecule has 0 amide bonds. The second kappa shape index (κ2) is 6.39. The van der Waals surface area contributed by atoms with Gasteiger partial charge in [-0.05, 0) is 18.9 Å². The number of hydrogen-bond acceptors (Lipinski definition) is 3. The smallest absolute Gasteiger partial charge is 0.341 e. The minimum absolute atomic E-state index is 0.225. The summed E-state index contributed by atoms with van der Waals surface area (Å²) in [6.07, 6.45) is 6.89. The lowest BCUT2D eigenvalue weighted by Crippen LogP contribution is -2.17. The van der Waals surface area contributed by atoms with E-state index >= 15 is 0 Å². The number of hydrogen-bond donors (Lipinski definition) is 1. The molecule has 2 aromatic heterocycles. The lowest BCUT2D eigenvalue weighted by molar-refractivity contribution is 0.0694. The van der Waals surface area contributed by atoms with Crippen LogP contribution in [0.1, 0.15) is 48.8 Å². The molecule has 6 nitrogen and oxygen atoms in total. The van der Waals surface area contributed by atoms with Crippen molar-refractivity contribution in [3.63, 3.8) is 0 Å². The van der Waals surface area contributed by atoms with Crippen molar-refractivity contribution < 1.29 is 9.90 Å². The van der Waals surface area contributed by atoms with Crippen molar-refractivity contribution in [3.05, 3.63) is 52.2 Å². The summed E-state index contributed by atoms with van der Waals surface area (Å²) in [4.78, 5) is 22.4. The molecule has 6 heteroatoms. The zero-order valence-corrected chi connectivity index (χ0v) is 12.2. The summed E-state index contributed by atoms with van der Waals surface area (Å²) in [7, 11) is 0. The van der Waals surface area contributed by atoms with Gasteiger partial charge in [-0.15, -0.1) is 0 Å². The monoisotopic (exact) mass is 289 g/mol. The first-order chi connectivity index (χ1) is 10.0. The van der Waals surface area contributed by atoms with Gasteiger partial charge in [0.2, 0.25) is 0 Å². The Bertz CT molecular complexity index is 683. The topological polar surface area (TPSA) is 77.1 Å². The van der Waals surface area contributed by atoms with Crippen LogP contribution in [0.4, 0.5) is 0 Å². The third-order valence-electron chi connectivity index (χ3n) is 3.53. The van der Waals surface area contributed by atoms with Gasteiger partial charge in [-0.25, -0.2) is 4.79 Å². The van der Waals surface area contributed by atoms with E-state index in [1.54, 1.807) is 10.8 Å². The number of rotatable bonds is 6. The fourth-order valence-electron chi connectivity index (χ4n) is 2.30. The minimum Gasteiger partial charge on any atom is -0.477 e. The Morgan fingerprint density at radius 3 is 2.62 bits per heavy atom. The molecule has 2 heterocycles. The molecular formula is C15H19N3O3. The Labute approximate surface area is 122 Å². The average molecular weight is 289 g/mol. The van der Waals surface area contributed by atoms with E-state index in [2.05, 4.69) is 18.9 Å². The maximum atomic E-state index is 11.4. The van der Waals surface area contributed by atoms with E-state index in [1.807, 2.05) is 16.9 Å². The van der Waals surface area contributed by atoms with Gasteiger partial charge in [0.25, 0.3) is 0 Å². The number of pyridine rings is 1. The fraction of sp³-hybridized carbons (Fsp3) is 0.400. The highest BCUT2D eigenvalue weighted by molar-refractivity contribution is 5.86. The van der Waals surface area contributed by atoms with Gasteiger partial charge in [0.15, 0.2) is 5.43 Å². The first-order valence-corrected chi connectivity index (χ1v) is 7.02. The van der Waals surface area contributed by atoms with Crippen LogP contribution in [0.3, 0.4) is 0 Å². The molecule has 0 saturated carbocycles. The first kappa shape index (κ1) is 15.0. The number of aromatic carboxylic acids is 1. The molecule has 0 atom stereocenters.